The number of carbonyl (C=O) groups is 1. The molecule has 0 spiro atoms. The summed E-state index contributed by atoms with van der Waals surface area (Å²) < 4.78 is 8.10. The first-order chi connectivity index (χ1) is 15.5. The lowest BCUT2D eigenvalue weighted by atomic mass is 10.0. The Labute approximate surface area is 184 Å². The molecule has 0 radical (unpaired) electrons. The summed E-state index contributed by atoms with van der Waals surface area (Å²) in [5, 5.41) is 8.53. The van der Waals surface area contributed by atoms with Gasteiger partial charge in [0, 0.05) is 24.3 Å². The number of hydrogen-bond donors (Lipinski definition) is 0. The number of fused-ring (bicyclic) bond motifs is 1. The summed E-state index contributed by atoms with van der Waals surface area (Å²) in [4.78, 5) is 32.1. The average Bonchev–Trinajstić information content (AvgIpc) is 3.40. The lowest BCUT2D eigenvalue weighted by molar-refractivity contribution is -0.135. The number of carbonyl (C=O) groups excluding carboxylic acids is 1. The van der Waals surface area contributed by atoms with Crippen molar-refractivity contribution < 1.29 is 9.32 Å². The Kier molecular flexibility index (Phi) is 5.08. The molecule has 5 rings (SSSR count). The Balaban J connectivity index is 1.48. The van der Waals surface area contributed by atoms with Crippen LogP contribution in [0.15, 0.2) is 51.9 Å². The molecule has 3 aromatic heterocycles. The van der Waals surface area contributed by atoms with E-state index in [9.17, 15) is 9.59 Å². The minimum atomic E-state index is -0.377. The minimum absolute atomic E-state index is 0.0937. The highest BCUT2D eigenvalue weighted by atomic mass is 16.5. The lowest BCUT2D eigenvalue weighted by Gasteiger charge is -2.33. The maximum atomic E-state index is 12.9. The fourth-order valence-electron chi connectivity index (χ4n) is 4.23. The summed E-state index contributed by atoms with van der Waals surface area (Å²) in [5.41, 5.74) is 2.47. The van der Waals surface area contributed by atoms with E-state index in [1.54, 1.807) is 18.3 Å². The molecular weight excluding hydrogens is 408 g/mol. The number of nitrogens with zero attached hydrogens (tertiary/aromatic N) is 6. The van der Waals surface area contributed by atoms with Gasteiger partial charge in [-0.2, -0.15) is 4.98 Å². The van der Waals surface area contributed by atoms with Crippen LogP contribution in [-0.2, 0) is 11.3 Å². The summed E-state index contributed by atoms with van der Waals surface area (Å²) >= 11 is 0. The van der Waals surface area contributed by atoms with Crippen LogP contribution in [0.5, 0.6) is 0 Å². The maximum absolute atomic E-state index is 12.9. The number of benzene rings is 1. The second kappa shape index (κ2) is 8.07. The molecular formula is C23H24N6O3. The first-order valence-electron chi connectivity index (χ1n) is 10.8. The van der Waals surface area contributed by atoms with Gasteiger partial charge in [-0.25, -0.2) is 13.9 Å². The van der Waals surface area contributed by atoms with Crippen molar-refractivity contribution in [2.45, 2.75) is 45.7 Å². The van der Waals surface area contributed by atoms with Gasteiger partial charge in [-0.3, -0.25) is 4.79 Å². The lowest BCUT2D eigenvalue weighted by Crippen LogP contribution is -2.44. The smallest absolute Gasteiger partial charge is 0.338 e. The maximum Gasteiger partial charge on any atom is 0.350 e. The first-order valence-corrected chi connectivity index (χ1v) is 10.8. The zero-order valence-electron chi connectivity index (χ0n) is 18.1. The third kappa shape index (κ3) is 3.59. The first kappa shape index (κ1) is 20.2. The number of pyridine rings is 1. The molecule has 1 saturated heterocycles. The zero-order chi connectivity index (χ0) is 22.2. The Hall–Kier alpha value is -3.75. The van der Waals surface area contributed by atoms with E-state index in [0.29, 0.717) is 17.0 Å². The fourth-order valence-corrected chi connectivity index (χ4v) is 4.23. The summed E-state index contributed by atoms with van der Waals surface area (Å²) in [6, 6.07) is 11.5. The minimum Gasteiger partial charge on any atom is -0.338 e. The number of amides is 1. The van der Waals surface area contributed by atoms with Gasteiger partial charge in [0.05, 0.1) is 5.56 Å². The van der Waals surface area contributed by atoms with Crippen molar-refractivity contribution in [3.05, 3.63) is 58.6 Å². The monoisotopic (exact) mass is 432 g/mol. The highest BCUT2D eigenvalue weighted by molar-refractivity contribution is 5.77. The number of rotatable bonds is 4. The van der Waals surface area contributed by atoms with E-state index in [0.717, 1.165) is 36.9 Å². The molecule has 1 aliphatic rings. The Morgan fingerprint density at radius 2 is 2.09 bits per heavy atom. The molecule has 0 saturated carbocycles. The molecule has 9 heteroatoms. The van der Waals surface area contributed by atoms with Crippen LogP contribution in [0.4, 0.5) is 0 Å². The Morgan fingerprint density at radius 3 is 2.91 bits per heavy atom. The van der Waals surface area contributed by atoms with Crippen LogP contribution in [0.3, 0.4) is 0 Å². The van der Waals surface area contributed by atoms with E-state index in [1.165, 1.54) is 9.08 Å². The number of aromatic nitrogens is 5. The van der Waals surface area contributed by atoms with Crippen LogP contribution in [0.1, 0.15) is 31.7 Å². The SMILES string of the molecule is Cc1cccc(-c2noc(-c3cccn4c(=O)n(CC(=O)N5CCCC[C@@H]5C)nc34)n2)c1. The molecule has 1 aromatic carbocycles. The zero-order valence-corrected chi connectivity index (χ0v) is 18.1. The normalized spacial score (nSPS) is 16.6. The van der Waals surface area contributed by atoms with Crippen LogP contribution in [-0.4, -0.2) is 47.7 Å². The average molecular weight is 432 g/mol. The van der Waals surface area contributed by atoms with Gasteiger partial charge in [0.2, 0.25) is 11.7 Å². The molecule has 1 aliphatic heterocycles. The Bertz CT molecular complexity index is 1350. The van der Waals surface area contributed by atoms with Crippen LogP contribution in [0, 0.1) is 6.92 Å². The molecule has 1 amide bonds. The van der Waals surface area contributed by atoms with Crippen molar-refractivity contribution in [1.82, 2.24) is 29.2 Å². The van der Waals surface area contributed by atoms with Crippen molar-refractivity contribution in [3.8, 4) is 22.8 Å². The number of hydrogen-bond acceptors (Lipinski definition) is 6. The number of aryl methyl sites for hydroxylation is 1. The molecule has 32 heavy (non-hydrogen) atoms. The van der Waals surface area contributed by atoms with Gasteiger partial charge < -0.3 is 9.42 Å². The van der Waals surface area contributed by atoms with Crippen molar-refractivity contribution in [2.24, 2.45) is 0 Å². The topological polar surface area (TPSA) is 98.5 Å². The third-order valence-corrected chi connectivity index (χ3v) is 5.95. The molecule has 0 unspecified atom stereocenters. The van der Waals surface area contributed by atoms with Gasteiger partial charge in [-0.15, -0.1) is 5.10 Å². The molecule has 9 nitrogen and oxygen atoms in total. The van der Waals surface area contributed by atoms with Gasteiger partial charge in [0.15, 0.2) is 5.65 Å². The summed E-state index contributed by atoms with van der Waals surface area (Å²) in [7, 11) is 0. The van der Waals surface area contributed by atoms with Gasteiger partial charge in [0.1, 0.15) is 6.54 Å². The molecule has 1 fully saturated rings. The number of likely N-dealkylation sites (tertiary alicyclic amines) is 1. The predicted octanol–water partition coefficient (Wildman–Crippen LogP) is 2.92. The van der Waals surface area contributed by atoms with Crippen molar-refractivity contribution in [2.75, 3.05) is 6.54 Å². The Morgan fingerprint density at radius 1 is 1.22 bits per heavy atom. The molecule has 0 N–H and O–H groups in total. The summed E-state index contributed by atoms with van der Waals surface area (Å²) in [6.07, 6.45) is 4.71. The van der Waals surface area contributed by atoms with E-state index < -0.39 is 0 Å². The second-order valence-electron chi connectivity index (χ2n) is 8.28. The molecule has 4 aromatic rings. The van der Waals surface area contributed by atoms with E-state index in [-0.39, 0.29) is 30.1 Å². The standard InChI is InChI=1S/C23H24N6O3/c1-15-7-5-9-17(13-15)20-24-22(32-26-20)18-10-6-12-28-21(18)25-29(23(28)31)14-19(30)27-11-4-3-8-16(27)2/h5-7,9-10,12-13,16H,3-4,8,11,14H2,1-2H3/t16-/m0/s1. The van der Waals surface area contributed by atoms with E-state index in [4.69, 9.17) is 4.52 Å². The highest BCUT2D eigenvalue weighted by Gasteiger charge is 2.25. The van der Waals surface area contributed by atoms with Gasteiger partial charge in [-0.05, 0) is 51.3 Å². The summed E-state index contributed by atoms with van der Waals surface area (Å²) in [5.74, 6) is 0.630. The third-order valence-electron chi connectivity index (χ3n) is 5.95. The largest absolute Gasteiger partial charge is 0.350 e. The van der Waals surface area contributed by atoms with Crippen LogP contribution < -0.4 is 5.69 Å². The molecule has 0 aliphatic carbocycles. The van der Waals surface area contributed by atoms with Crippen LogP contribution in [0.25, 0.3) is 28.5 Å². The van der Waals surface area contributed by atoms with Gasteiger partial charge in [-0.1, -0.05) is 28.9 Å². The quantitative estimate of drug-likeness (QED) is 0.492. The fraction of sp³-hybridized carbons (Fsp3) is 0.348. The van der Waals surface area contributed by atoms with E-state index in [1.807, 2.05) is 43.0 Å². The molecule has 164 valence electrons. The number of piperidine rings is 1. The van der Waals surface area contributed by atoms with Crippen molar-refractivity contribution in [3.63, 3.8) is 0 Å². The second-order valence-corrected chi connectivity index (χ2v) is 8.28. The van der Waals surface area contributed by atoms with E-state index >= 15 is 0 Å². The van der Waals surface area contributed by atoms with Crippen LogP contribution in [0.2, 0.25) is 0 Å². The molecule has 4 heterocycles. The highest BCUT2D eigenvalue weighted by Crippen LogP contribution is 2.25. The van der Waals surface area contributed by atoms with Crippen molar-refractivity contribution in [1.29, 1.82) is 0 Å². The van der Waals surface area contributed by atoms with Gasteiger partial charge in [0.25, 0.3) is 5.89 Å². The molecule has 0 bridgehead atoms. The van der Waals surface area contributed by atoms with Gasteiger partial charge >= 0.3 is 5.69 Å². The van der Waals surface area contributed by atoms with Crippen LogP contribution >= 0.6 is 0 Å². The molecule has 1 atom stereocenters. The van der Waals surface area contributed by atoms with Crippen molar-refractivity contribution >= 4 is 11.6 Å². The summed E-state index contributed by atoms with van der Waals surface area (Å²) in [6.45, 7) is 4.67. The predicted molar refractivity (Wildman–Crippen MR) is 118 cm³/mol. The van der Waals surface area contributed by atoms with E-state index in [2.05, 4.69) is 15.2 Å².